The molecule has 16 heavy (non-hydrogen) atoms. The first-order valence-electron chi connectivity index (χ1n) is 4.96. The van der Waals surface area contributed by atoms with Crippen molar-refractivity contribution >= 4 is 5.97 Å². The van der Waals surface area contributed by atoms with E-state index in [4.69, 9.17) is 9.84 Å². The van der Waals surface area contributed by atoms with Crippen LogP contribution < -0.4 is 0 Å². The van der Waals surface area contributed by atoms with Gasteiger partial charge in [-0.15, -0.1) is 0 Å². The third kappa shape index (κ3) is 4.11. The van der Waals surface area contributed by atoms with Crippen LogP contribution >= 0.6 is 0 Å². The van der Waals surface area contributed by atoms with Gasteiger partial charge in [-0.3, -0.25) is 4.79 Å². The summed E-state index contributed by atoms with van der Waals surface area (Å²) in [7, 11) is 0. The number of ether oxygens (including phenoxy) is 1. The lowest BCUT2D eigenvalue weighted by atomic mass is 10.2. The summed E-state index contributed by atoms with van der Waals surface area (Å²) in [6.45, 7) is 2.08. The maximum atomic E-state index is 11.0. The number of hydrogen-bond acceptors (Lipinski definition) is 4. The van der Waals surface area contributed by atoms with Crippen LogP contribution in [0.4, 0.5) is 0 Å². The van der Waals surface area contributed by atoms with Crippen molar-refractivity contribution in [3.8, 4) is 11.8 Å². The molecule has 1 rings (SSSR count). The van der Waals surface area contributed by atoms with Crippen molar-refractivity contribution in [3.63, 3.8) is 0 Å². The molecule has 0 saturated heterocycles. The molecule has 0 aromatic carbocycles. The zero-order valence-corrected chi connectivity index (χ0v) is 9.06. The van der Waals surface area contributed by atoms with E-state index in [0.717, 1.165) is 5.56 Å². The Hall–Kier alpha value is -1.86. The molecule has 0 aliphatic carbocycles. The van der Waals surface area contributed by atoms with Crippen LogP contribution in [0.1, 0.15) is 24.6 Å². The van der Waals surface area contributed by atoms with Crippen molar-refractivity contribution in [3.05, 3.63) is 29.6 Å². The Morgan fingerprint density at radius 1 is 1.56 bits per heavy atom. The van der Waals surface area contributed by atoms with Gasteiger partial charge < -0.3 is 9.84 Å². The van der Waals surface area contributed by atoms with Gasteiger partial charge in [0, 0.05) is 6.20 Å². The van der Waals surface area contributed by atoms with Gasteiger partial charge >= 0.3 is 5.97 Å². The van der Waals surface area contributed by atoms with Crippen molar-refractivity contribution in [2.45, 2.75) is 20.0 Å². The van der Waals surface area contributed by atoms with Crippen molar-refractivity contribution < 1.29 is 14.6 Å². The molecule has 0 amide bonds. The van der Waals surface area contributed by atoms with Crippen LogP contribution in [0.25, 0.3) is 0 Å². The number of carbonyl (C=O) groups is 1. The second kappa shape index (κ2) is 6.59. The Kier molecular flexibility index (Phi) is 5.03. The maximum Gasteiger partial charge on any atom is 0.317 e. The highest BCUT2D eigenvalue weighted by molar-refractivity contribution is 5.72. The van der Waals surface area contributed by atoms with E-state index in [0.29, 0.717) is 12.3 Å². The molecule has 0 saturated carbocycles. The molecule has 4 heteroatoms. The lowest BCUT2D eigenvalue weighted by Crippen LogP contribution is -2.01. The molecule has 0 bridgehead atoms. The number of carbonyl (C=O) groups excluding carboxylic acids is 1. The van der Waals surface area contributed by atoms with Crippen molar-refractivity contribution in [1.29, 1.82) is 0 Å². The predicted molar refractivity (Wildman–Crippen MR) is 58.3 cm³/mol. The van der Waals surface area contributed by atoms with Crippen molar-refractivity contribution in [1.82, 2.24) is 4.98 Å². The van der Waals surface area contributed by atoms with Crippen LogP contribution in [0.3, 0.4) is 0 Å². The molecule has 1 N–H and O–H groups in total. The van der Waals surface area contributed by atoms with E-state index in [1.807, 2.05) is 0 Å². The summed E-state index contributed by atoms with van der Waals surface area (Å²) < 4.78 is 4.72. The second-order valence-electron chi connectivity index (χ2n) is 2.99. The van der Waals surface area contributed by atoms with Gasteiger partial charge in [0.05, 0.1) is 13.2 Å². The second-order valence-corrected chi connectivity index (χ2v) is 2.99. The van der Waals surface area contributed by atoms with Gasteiger partial charge in [0.1, 0.15) is 12.1 Å². The molecular weight excluding hydrogens is 206 g/mol. The quantitative estimate of drug-likeness (QED) is 0.605. The molecule has 4 nitrogen and oxygen atoms in total. The van der Waals surface area contributed by atoms with E-state index in [1.165, 1.54) is 0 Å². The Morgan fingerprint density at radius 2 is 2.38 bits per heavy atom. The number of rotatable bonds is 3. The molecule has 0 unspecified atom stereocenters. The third-order valence-corrected chi connectivity index (χ3v) is 1.76. The molecule has 0 radical (unpaired) electrons. The fraction of sp³-hybridized carbons (Fsp3) is 0.333. The topological polar surface area (TPSA) is 59.4 Å². The Labute approximate surface area is 94.3 Å². The molecule has 0 atom stereocenters. The van der Waals surface area contributed by atoms with Gasteiger partial charge in [0.25, 0.3) is 0 Å². The summed E-state index contributed by atoms with van der Waals surface area (Å²) in [6, 6.07) is 3.44. The highest BCUT2D eigenvalue weighted by Crippen LogP contribution is 1.98. The molecule has 1 heterocycles. The van der Waals surface area contributed by atoms with Gasteiger partial charge in [0.15, 0.2) is 0 Å². The first-order valence-corrected chi connectivity index (χ1v) is 4.96. The normalized spacial score (nSPS) is 9.12. The average molecular weight is 219 g/mol. The minimum absolute atomic E-state index is 0.0382. The fourth-order valence-electron chi connectivity index (χ4n) is 1.01. The number of aliphatic hydroxyl groups is 1. The number of aromatic nitrogens is 1. The van der Waals surface area contributed by atoms with E-state index in [1.54, 1.807) is 25.3 Å². The highest BCUT2D eigenvalue weighted by atomic mass is 16.5. The predicted octanol–water partition coefficient (Wildman–Crippen LogP) is 0.879. The zero-order valence-electron chi connectivity index (χ0n) is 9.06. The number of esters is 1. The molecule has 1 aromatic heterocycles. The minimum Gasteiger partial charge on any atom is -0.465 e. The Bertz CT molecular complexity index is 401. The van der Waals surface area contributed by atoms with Crippen LogP contribution in [0.15, 0.2) is 18.3 Å². The molecule has 0 spiro atoms. The van der Waals surface area contributed by atoms with Crippen molar-refractivity contribution in [2.75, 3.05) is 6.61 Å². The first kappa shape index (κ1) is 12.2. The van der Waals surface area contributed by atoms with E-state index < -0.39 is 0 Å². The minimum atomic E-state index is -0.332. The van der Waals surface area contributed by atoms with Crippen LogP contribution in [0.2, 0.25) is 0 Å². The summed E-state index contributed by atoms with van der Waals surface area (Å²) in [5, 5.41) is 8.80. The standard InChI is InChI=1S/C12H13NO3/c1-2-16-12(15)5-3-4-11-7-6-10(9-14)8-13-11/h6-8,14H,2,5,9H2,1H3. The number of pyridine rings is 1. The summed E-state index contributed by atoms with van der Waals surface area (Å²) in [6.07, 6.45) is 1.62. The lowest BCUT2D eigenvalue weighted by molar-refractivity contribution is -0.141. The molecule has 0 fully saturated rings. The third-order valence-electron chi connectivity index (χ3n) is 1.76. The highest BCUT2D eigenvalue weighted by Gasteiger charge is 1.96. The SMILES string of the molecule is CCOC(=O)CC#Cc1ccc(CO)cn1. The molecule has 1 aromatic rings. The Morgan fingerprint density at radius 3 is 2.94 bits per heavy atom. The van der Waals surface area contributed by atoms with Crippen LogP contribution in [0, 0.1) is 11.8 Å². The largest absolute Gasteiger partial charge is 0.465 e. The van der Waals surface area contributed by atoms with E-state index >= 15 is 0 Å². The number of hydrogen-bond donors (Lipinski definition) is 1. The van der Waals surface area contributed by atoms with Gasteiger partial charge in [0.2, 0.25) is 0 Å². The maximum absolute atomic E-state index is 11.0. The summed E-state index contributed by atoms with van der Waals surface area (Å²) in [5.74, 6) is 5.08. The van der Waals surface area contributed by atoms with Gasteiger partial charge in [-0.25, -0.2) is 4.98 Å². The number of nitrogens with zero attached hydrogens (tertiary/aromatic N) is 1. The molecule has 84 valence electrons. The fourth-order valence-corrected chi connectivity index (χ4v) is 1.01. The smallest absolute Gasteiger partial charge is 0.317 e. The van der Waals surface area contributed by atoms with E-state index in [-0.39, 0.29) is 19.0 Å². The number of aliphatic hydroxyl groups excluding tert-OH is 1. The van der Waals surface area contributed by atoms with Gasteiger partial charge in [-0.05, 0) is 24.5 Å². The summed E-state index contributed by atoms with van der Waals surface area (Å²) >= 11 is 0. The van der Waals surface area contributed by atoms with Crippen LogP contribution in [0.5, 0.6) is 0 Å². The van der Waals surface area contributed by atoms with Crippen molar-refractivity contribution in [2.24, 2.45) is 0 Å². The monoisotopic (exact) mass is 219 g/mol. The zero-order chi connectivity index (χ0) is 11.8. The average Bonchev–Trinajstić information content (AvgIpc) is 2.30. The van der Waals surface area contributed by atoms with Crippen LogP contribution in [-0.2, 0) is 16.1 Å². The summed E-state index contributed by atoms with van der Waals surface area (Å²) in [4.78, 5) is 15.0. The van der Waals surface area contributed by atoms with E-state index in [2.05, 4.69) is 16.8 Å². The van der Waals surface area contributed by atoms with Crippen LogP contribution in [-0.4, -0.2) is 22.7 Å². The summed E-state index contributed by atoms with van der Waals surface area (Å²) in [5.41, 5.74) is 1.30. The van der Waals surface area contributed by atoms with E-state index in [9.17, 15) is 4.79 Å². The van der Waals surface area contributed by atoms with Gasteiger partial charge in [-0.2, -0.15) is 0 Å². The van der Waals surface area contributed by atoms with Gasteiger partial charge in [-0.1, -0.05) is 12.0 Å². The Balaban J connectivity index is 2.53. The lowest BCUT2D eigenvalue weighted by Gasteiger charge is -1.95. The molecule has 0 aliphatic heterocycles. The molecule has 0 aliphatic rings. The molecular formula is C12H13NO3. The first-order chi connectivity index (χ1) is 7.76.